The van der Waals surface area contributed by atoms with Gasteiger partial charge in [0.15, 0.2) is 5.76 Å². The second-order valence-electron chi connectivity index (χ2n) is 6.29. The van der Waals surface area contributed by atoms with Crippen molar-refractivity contribution in [2.24, 2.45) is 0 Å². The van der Waals surface area contributed by atoms with Gasteiger partial charge >= 0.3 is 5.97 Å². The van der Waals surface area contributed by atoms with Gasteiger partial charge in [-0.05, 0) is 54.1 Å². The number of thiophene rings is 1. The largest absolute Gasteiger partial charge is 0.478 e. The van der Waals surface area contributed by atoms with Crippen molar-refractivity contribution >= 4 is 52.1 Å². The van der Waals surface area contributed by atoms with Gasteiger partial charge in [-0.15, -0.1) is 11.3 Å². The lowest BCUT2D eigenvalue weighted by Crippen LogP contribution is -2.13. The zero-order chi connectivity index (χ0) is 21.3. The first-order valence-electron chi connectivity index (χ1n) is 8.70. The van der Waals surface area contributed by atoms with Gasteiger partial charge in [-0.25, -0.2) is 4.79 Å². The van der Waals surface area contributed by atoms with Gasteiger partial charge in [0, 0.05) is 21.0 Å². The zero-order valence-electron chi connectivity index (χ0n) is 15.2. The van der Waals surface area contributed by atoms with Crippen molar-refractivity contribution in [3.63, 3.8) is 0 Å². The molecule has 0 aliphatic rings. The van der Waals surface area contributed by atoms with Crippen molar-refractivity contribution in [2.45, 2.75) is 0 Å². The van der Waals surface area contributed by atoms with E-state index in [0.29, 0.717) is 26.2 Å². The predicted molar refractivity (Wildman–Crippen MR) is 119 cm³/mol. The Bertz CT molecular complexity index is 1230. The van der Waals surface area contributed by atoms with Crippen LogP contribution in [0.5, 0.6) is 0 Å². The zero-order valence-corrected chi connectivity index (χ0v) is 17.5. The molecule has 0 saturated heterocycles. The van der Waals surface area contributed by atoms with E-state index in [1.165, 1.54) is 17.4 Å². The Labute approximate surface area is 185 Å². The van der Waals surface area contributed by atoms with Crippen LogP contribution in [0.4, 0.5) is 5.69 Å². The lowest BCUT2D eigenvalue weighted by atomic mass is 10.1. The molecule has 0 spiro atoms. The number of anilines is 1. The highest BCUT2D eigenvalue weighted by Crippen LogP contribution is 2.37. The molecule has 0 aliphatic carbocycles. The molecular weight excluding hydrogens is 445 g/mol. The number of halogens is 2. The van der Waals surface area contributed by atoms with Gasteiger partial charge in [-0.1, -0.05) is 35.3 Å². The Kier molecular flexibility index (Phi) is 5.63. The third-order valence-corrected chi connectivity index (χ3v) is 5.85. The van der Waals surface area contributed by atoms with Gasteiger partial charge in [0.25, 0.3) is 5.91 Å². The van der Waals surface area contributed by atoms with E-state index in [9.17, 15) is 14.7 Å². The standard InChI is InChI=1S/C22H13Cl2NO4S/c23-14-5-1-12(2-6-14)17-9-10-18(29-17)21(26)25-16-11-30-20(19(16)22(27)28)13-3-7-15(24)8-4-13/h1-11H,(H,25,26)(H,27,28). The maximum absolute atomic E-state index is 12.6. The summed E-state index contributed by atoms with van der Waals surface area (Å²) in [4.78, 5) is 25.0. The fourth-order valence-corrected chi connectivity index (χ4v) is 4.14. The molecule has 0 aliphatic heterocycles. The van der Waals surface area contributed by atoms with Gasteiger partial charge in [0.2, 0.25) is 0 Å². The first kappa shape index (κ1) is 20.2. The maximum atomic E-state index is 12.6. The van der Waals surface area contributed by atoms with Crippen LogP contribution < -0.4 is 5.32 Å². The fourth-order valence-electron chi connectivity index (χ4n) is 2.89. The SMILES string of the molecule is O=C(Nc1csc(-c2ccc(Cl)cc2)c1C(=O)O)c1ccc(-c2ccc(Cl)cc2)o1. The van der Waals surface area contributed by atoms with Crippen LogP contribution in [0, 0.1) is 0 Å². The van der Waals surface area contributed by atoms with Gasteiger partial charge in [0.1, 0.15) is 11.3 Å². The average Bonchev–Trinajstić information content (AvgIpc) is 3.37. The molecule has 30 heavy (non-hydrogen) atoms. The number of benzene rings is 2. The van der Waals surface area contributed by atoms with Crippen LogP contribution in [0.2, 0.25) is 10.0 Å². The van der Waals surface area contributed by atoms with Crippen LogP contribution >= 0.6 is 34.5 Å². The van der Waals surface area contributed by atoms with E-state index in [2.05, 4.69) is 5.32 Å². The smallest absolute Gasteiger partial charge is 0.339 e. The highest BCUT2D eigenvalue weighted by molar-refractivity contribution is 7.14. The summed E-state index contributed by atoms with van der Waals surface area (Å²) in [6, 6.07) is 17.0. The minimum atomic E-state index is -1.14. The highest BCUT2D eigenvalue weighted by atomic mass is 35.5. The maximum Gasteiger partial charge on any atom is 0.339 e. The summed E-state index contributed by atoms with van der Waals surface area (Å²) in [5.74, 6) is -1.12. The number of rotatable bonds is 5. The molecule has 2 aromatic heterocycles. The Hall–Kier alpha value is -3.06. The lowest BCUT2D eigenvalue weighted by Gasteiger charge is -2.05. The number of amides is 1. The number of furan rings is 1. The Morgan fingerprint density at radius 2 is 1.47 bits per heavy atom. The quantitative estimate of drug-likeness (QED) is 0.340. The van der Waals surface area contributed by atoms with Crippen LogP contribution in [0.1, 0.15) is 20.9 Å². The van der Waals surface area contributed by atoms with E-state index in [1.807, 2.05) is 0 Å². The molecule has 0 unspecified atom stereocenters. The van der Waals surface area contributed by atoms with Crippen molar-refractivity contribution in [1.82, 2.24) is 0 Å². The molecule has 2 aromatic carbocycles. The van der Waals surface area contributed by atoms with E-state index < -0.39 is 11.9 Å². The molecular formula is C22H13Cl2NO4S. The molecule has 2 heterocycles. The summed E-state index contributed by atoms with van der Waals surface area (Å²) in [5.41, 5.74) is 1.68. The van der Waals surface area contributed by atoms with Gasteiger partial charge in [0.05, 0.1) is 10.6 Å². The van der Waals surface area contributed by atoms with Gasteiger partial charge in [-0.3, -0.25) is 4.79 Å². The van der Waals surface area contributed by atoms with E-state index in [4.69, 9.17) is 27.6 Å². The minimum absolute atomic E-state index is 0.0140. The number of carboxylic acids is 1. The summed E-state index contributed by atoms with van der Waals surface area (Å²) in [6.45, 7) is 0. The second-order valence-corrected chi connectivity index (χ2v) is 8.04. The van der Waals surface area contributed by atoms with E-state index >= 15 is 0 Å². The van der Waals surface area contributed by atoms with E-state index in [-0.39, 0.29) is 17.0 Å². The third-order valence-electron chi connectivity index (χ3n) is 4.32. The van der Waals surface area contributed by atoms with Crippen molar-refractivity contribution < 1.29 is 19.1 Å². The third kappa shape index (κ3) is 4.11. The number of hydrogen-bond acceptors (Lipinski definition) is 4. The van der Waals surface area contributed by atoms with Crippen LogP contribution in [0.3, 0.4) is 0 Å². The summed E-state index contributed by atoms with van der Waals surface area (Å²) >= 11 is 13.0. The summed E-state index contributed by atoms with van der Waals surface area (Å²) in [6.07, 6.45) is 0. The second kappa shape index (κ2) is 8.36. The van der Waals surface area contributed by atoms with E-state index in [1.54, 1.807) is 60.0 Å². The van der Waals surface area contributed by atoms with Crippen LogP contribution in [-0.2, 0) is 0 Å². The molecule has 5 nitrogen and oxygen atoms in total. The van der Waals surface area contributed by atoms with Crippen molar-refractivity contribution in [2.75, 3.05) is 5.32 Å². The number of carbonyl (C=O) groups excluding carboxylic acids is 1. The van der Waals surface area contributed by atoms with Crippen LogP contribution in [-0.4, -0.2) is 17.0 Å². The number of carbonyl (C=O) groups is 2. The van der Waals surface area contributed by atoms with Crippen molar-refractivity contribution in [3.8, 4) is 21.8 Å². The molecule has 0 fully saturated rings. The van der Waals surface area contributed by atoms with E-state index in [0.717, 1.165) is 5.56 Å². The first-order valence-corrected chi connectivity index (χ1v) is 10.3. The first-order chi connectivity index (χ1) is 14.4. The predicted octanol–water partition coefficient (Wildman–Crippen LogP) is 6.93. The topological polar surface area (TPSA) is 79.5 Å². The summed E-state index contributed by atoms with van der Waals surface area (Å²) in [5, 5.41) is 15.1. The Morgan fingerprint density at radius 3 is 2.07 bits per heavy atom. The molecule has 0 atom stereocenters. The van der Waals surface area contributed by atoms with Crippen molar-refractivity contribution in [3.05, 3.63) is 87.4 Å². The van der Waals surface area contributed by atoms with Crippen LogP contribution in [0.15, 0.2) is 70.5 Å². The normalized spacial score (nSPS) is 10.7. The highest BCUT2D eigenvalue weighted by Gasteiger charge is 2.22. The number of carboxylic acid groups (broad SMARTS) is 1. The number of aromatic carboxylic acids is 1. The molecule has 0 bridgehead atoms. The van der Waals surface area contributed by atoms with Gasteiger partial charge in [-0.2, -0.15) is 0 Å². The minimum Gasteiger partial charge on any atom is -0.478 e. The molecule has 0 saturated carbocycles. The molecule has 0 radical (unpaired) electrons. The van der Waals surface area contributed by atoms with Gasteiger partial charge < -0.3 is 14.8 Å². The Morgan fingerprint density at radius 1 is 0.867 bits per heavy atom. The monoisotopic (exact) mass is 457 g/mol. The fraction of sp³-hybridized carbons (Fsp3) is 0. The number of hydrogen-bond donors (Lipinski definition) is 2. The molecule has 2 N–H and O–H groups in total. The Balaban J connectivity index is 1.60. The van der Waals surface area contributed by atoms with Crippen molar-refractivity contribution in [1.29, 1.82) is 0 Å². The molecule has 4 rings (SSSR count). The lowest BCUT2D eigenvalue weighted by molar-refractivity contribution is 0.0699. The molecule has 1 amide bonds. The summed E-state index contributed by atoms with van der Waals surface area (Å²) < 4.78 is 5.63. The average molecular weight is 458 g/mol. The number of nitrogens with one attached hydrogen (secondary N) is 1. The molecule has 8 heteroatoms. The molecule has 150 valence electrons. The van der Waals surface area contributed by atoms with Crippen LogP contribution in [0.25, 0.3) is 21.8 Å². The molecule has 4 aromatic rings. The summed E-state index contributed by atoms with van der Waals surface area (Å²) in [7, 11) is 0.